The third-order valence-electron chi connectivity index (χ3n) is 3.33. The van der Waals surface area contributed by atoms with Crippen molar-refractivity contribution in [2.45, 2.75) is 13.3 Å². The average Bonchev–Trinajstić information content (AvgIpc) is 2.48. The number of anilines is 1. The Bertz CT molecular complexity index is 575. The lowest BCUT2D eigenvalue weighted by Gasteiger charge is -2.18. The van der Waals surface area contributed by atoms with E-state index in [0.717, 1.165) is 12.1 Å². The van der Waals surface area contributed by atoms with Crippen LogP contribution in [-0.2, 0) is 6.42 Å². The summed E-state index contributed by atoms with van der Waals surface area (Å²) in [5.41, 5.74) is 3.03. The predicted octanol–water partition coefficient (Wildman–Crippen LogP) is 4.22. The molecule has 0 saturated carbocycles. The molecule has 0 amide bonds. The molecule has 0 aliphatic carbocycles. The standard InChI is InChI=1S/C17H18ClNO/c1-3-13-4-10-16(11-5-13)19(2)12-17(20)14-6-8-15(18)9-7-14/h4-11H,3,12H2,1-2H3. The largest absolute Gasteiger partial charge is 0.367 e. The highest BCUT2D eigenvalue weighted by atomic mass is 35.5. The zero-order chi connectivity index (χ0) is 14.5. The Hall–Kier alpha value is -1.80. The van der Waals surface area contributed by atoms with E-state index in [1.165, 1.54) is 5.56 Å². The first-order chi connectivity index (χ1) is 9.60. The minimum atomic E-state index is 0.0868. The molecule has 0 heterocycles. The van der Waals surface area contributed by atoms with Crippen molar-refractivity contribution in [3.8, 4) is 0 Å². The molecule has 0 unspecified atom stereocenters. The summed E-state index contributed by atoms with van der Waals surface area (Å²) in [6.07, 6.45) is 1.02. The van der Waals surface area contributed by atoms with Crippen LogP contribution in [0.2, 0.25) is 5.02 Å². The zero-order valence-corrected chi connectivity index (χ0v) is 12.5. The van der Waals surface area contributed by atoms with Gasteiger partial charge in [0.2, 0.25) is 0 Å². The second kappa shape index (κ2) is 6.58. The summed E-state index contributed by atoms with van der Waals surface area (Å²) in [6.45, 7) is 2.48. The molecule has 0 saturated heterocycles. The summed E-state index contributed by atoms with van der Waals surface area (Å²) in [4.78, 5) is 14.1. The number of likely N-dealkylation sites (N-methyl/N-ethyl adjacent to an activating group) is 1. The molecule has 0 bridgehead atoms. The first kappa shape index (κ1) is 14.6. The van der Waals surface area contributed by atoms with Gasteiger partial charge in [0.1, 0.15) is 0 Å². The molecule has 0 spiro atoms. The summed E-state index contributed by atoms with van der Waals surface area (Å²) < 4.78 is 0. The molecular formula is C17H18ClNO. The quantitative estimate of drug-likeness (QED) is 0.767. The summed E-state index contributed by atoms with van der Waals surface area (Å²) in [5, 5.41) is 0.644. The predicted molar refractivity (Wildman–Crippen MR) is 84.9 cm³/mol. The molecule has 2 rings (SSSR count). The number of halogens is 1. The number of benzene rings is 2. The number of Topliss-reactive ketones (excluding diaryl/α,β-unsaturated/α-hetero) is 1. The van der Waals surface area contributed by atoms with E-state index < -0.39 is 0 Å². The van der Waals surface area contributed by atoms with E-state index in [1.54, 1.807) is 24.3 Å². The molecule has 0 aliphatic heterocycles. The van der Waals surface area contributed by atoms with Crippen molar-refractivity contribution in [3.63, 3.8) is 0 Å². The second-order valence-corrected chi connectivity index (χ2v) is 5.24. The van der Waals surface area contributed by atoms with Gasteiger partial charge in [-0.05, 0) is 48.4 Å². The number of hydrogen-bond acceptors (Lipinski definition) is 2. The van der Waals surface area contributed by atoms with Crippen LogP contribution in [0.1, 0.15) is 22.8 Å². The topological polar surface area (TPSA) is 20.3 Å². The van der Waals surface area contributed by atoms with E-state index in [9.17, 15) is 4.79 Å². The molecule has 0 aliphatic rings. The maximum atomic E-state index is 12.2. The Morgan fingerprint density at radius 3 is 2.20 bits per heavy atom. The van der Waals surface area contributed by atoms with Gasteiger partial charge < -0.3 is 4.90 Å². The highest BCUT2D eigenvalue weighted by Crippen LogP contribution is 2.16. The number of aryl methyl sites for hydroxylation is 1. The molecule has 2 aromatic carbocycles. The number of carbonyl (C=O) groups excluding carboxylic acids is 1. The fourth-order valence-electron chi connectivity index (χ4n) is 2.02. The maximum absolute atomic E-state index is 12.2. The van der Waals surface area contributed by atoms with Crippen molar-refractivity contribution in [2.75, 3.05) is 18.5 Å². The van der Waals surface area contributed by atoms with Crippen molar-refractivity contribution < 1.29 is 4.79 Å². The molecule has 104 valence electrons. The van der Waals surface area contributed by atoms with Gasteiger partial charge in [-0.15, -0.1) is 0 Å². The van der Waals surface area contributed by atoms with Gasteiger partial charge in [0.25, 0.3) is 0 Å². The monoisotopic (exact) mass is 287 g/mol. The average molecular weight is 288 g/mol. The van der Waals surface area contributed by atoms with Crippen LogP contribution in [0.4, 0.5) is 5.69 Å². The fraction of sp³-hybridized carbons (Fsp3) is 0.235. The Balaban J connectivity index is 2.04. The van der Waals surface area contributed by atoms with E-state index in [4.69, 9.17) is 11.6 Å². The van der Waals surface area contributed by atoms with Gasteiger partial charge >= 0.3 is 0 Å². The molecule has 3 heteroatoms. The number of ketones is 1. The van der Waals surface area contributed by atoms with Gasteiger partial charge in [0, 0.05) is 23.3 Å². The van der Waals surface area contributed by atoms with Crippen LogP contribution in [-0.4, -0.2) is 19.4 Å². The molecule has 2 aromatic rings. The number of rotatable bonds is 5. The smallest absolute Gasteiger partial charge is 0.182 e. The Kier molecular flexibility index (Phi) is 4.80. The zero-order valence-electron chi connectivity index (χ0n) is 11.8. The number of nitrogens with zero attached hydrogens (tertiary/aromatic N) is 1. The lowest BCUT2D eigenvalue weighted by Crippen LogP contribution is -2.25. The third-order valence-corrected chi connectivity index (χ3v) is 3.58. The van der Waals surface area contributed by atoms with Crippen LogP contribution in [0.5, 0.6) is 0 Å². The molecular weight excluding hydrogens is 270 g/mol. The van der Waals surface area contributed by atoms with E-state index in [2.05, 4.69) is 19.1 Å². The van der Waals surface area contributed by atoms with Crippen molar-refractivity contribution in [1.29, 1.82) is 0 Å². The van der Waals surface area contributed by atoms with Gasteiger partial charge in [-0.1, -0.05) is 30.7 Å². The second-order valence-electron chi connectivity index (χ2n) is 4.81. The first-order valence-corrected chi connectivity index (χ1v) is 7.07. The minimum Gasteiger partial charge on any atom is -0.367 e. The van der Waals surface area contributed by atoms with E-state index in [1.807, 2.05) is 24.1 Å². The molecule has 0 atom stereocenters. The highest BCUT2D eigenvalue weighted by Gasteiger charge is 2.10. The molecule has 20 heavy (non-hydrogen) atoms. The lowest BCUT2D eigenvalue weighted by molar-refractivity contribution is 0.100. The van der Waals surface area contributed by atoms with Gasteiger partial charge in [0.15, 0.2) is 5.78 Å². The van der Waals surface area contributed by atoms with Gasteiger partial charge in [-0.25, -0.2) is 0 Å². The summed E-state index contributed by atoms with van der Waals surface area (Å²) in [6, 6.07) is 15.3. The van der Waals surface area contributed by atoms with E-state index in [-0.39, 0.29) is 5.78 Å². The van der Waals surface area contributed by atoms with Crippen LogP contribution in [0.15, 0.2) is 48.5 Å². The molecule has 2 nitrogen and oxygen atoms in total. The Morgan fingerprint density at radius 1 is 1.05 bits per heavy atom. The molecule has 0 aromatic heterocycles. The Morgan fingerprint density at radius 2 is 1.65 bits per heavy atom. The van der Waals surface area contributed by atoms with Crippen LogP contribution in [0, 0.1) is 0 Å². The van der Waals surface area contributed by atoms with Crippen molar-refractivity contribution in [3.05, 3.63) is 64.7 Å². The SMILES string of the molecule is CCc1ccc(N(C)CC(=O)c2ccc(Cl)cc2)cc1. The van der Waals surface area contributed by atoms with Crippen LogP contribution < -0.4 is 4.90 Å². The van der Waals surface area contributed by atoms with Crippen molar-refractivity contribution >= 4 is 23.1 Å². The summed E-state index contributed by atoms with van der Waals surface area (Å²) in [7, 11) is 1.93. The molecule has 0 radical (unpaired) electrons. The van der Waals surface area contributed by atoms with Crippen LogP contribution in [0.3, 0.4) is 0 Å². The molecule has 0 fully saturated rings. The Labute approximate surface area is 125 Å². The first-order valence-electron chi connectivity index (χ1n) is 6.69. The fourth-order valence-corrected chi connectivity index (χ4v) is 2.15. The third kappa shape index (κ3) is 3.61. The molecule has 0 N–H and O–H groups in total. The van der Waals surface area contributed by atoms with E-state index in [0.29, 0.717) is 17.1 Å². The van der Waals surface area contributed by atoms with Gasteiger partial charge in [-0.3, -0.25) is 4.79 Å². The normalized spacial score (nSPS) is 10.3. The van der Waals surface area contributed by atoms with Crippen molar-refractivity contribution in [1.82, 2.24) is 0 Å². The summed E-state index contributed by atoms with van der Waals surface area (Å²) >= 11 is 5.82. The highest BCUT2D eigenvalue weighted by molar-refractivity contribution is 6.30. The lowest BCUT2D eigenvalue weighted by atomic mass is 10.1. The maximum Gasteiger partial charge on any atom is 0.182 e. The van der Waals surface area contributed by atoms with Crippen LogP contribution in [0.25, 0.3) is 0 Å². The van der Waals surface area contributed by atoms with E-state index >= 15 is 0 Å². The minimum absolute atomic E-state index is 0.0868. The van der Waals surface area contributed by atoms with Crippen LogP contribution >= 0.6 is 11.6 Å². The van der Waals surface area contributed by atoms with Gasteiger partial charge in [0.05, 0.1) is 6.54 Å². The number of carbonyl (C=O) groups is 1. The number of hydrogen-bond donors (Lipinski definition) is 0. The van der Waals surface area contributed by atoms with Crippen molar-refractivity contribution in [2.24, 2.45) is 0 Å². The summed E-state index contributed by atoms with van der Waals surface area (Å²) in [5.74, 6) is 0.0868. The van der Waals surface area contributed by atoms with Gasteiger partial charge in [-0.2, -0.15) is 0 Å².